The van der Waals surface area contributed by atoms with Gasteiger partial charge < -0.3 is 9.64 Å². The van der Waals surface area contributed by atoms with Crippen LogP contribution in [-0.4, -0.2) is 19.1 Å². The van der Waals surface area contributed by atoms with Gasteiger partial charge in [0.2, 0.25) is 0 Å². The average molecular weight is 233 g/mol. The van der Waals surface area contributed by atoms with Crippen molar-refractivity contribution < 1.29 is 9.53 Å². The van der Waals surface area contributed by atoms with E-state index in [4.69, 9.17) is 4.74 Å². The molecular weight excluding hydrogens is 214 g/mol. The van der Waals surface area contributed by atoms with Gasteiger partial charge in [0.25, 0.3) is 5.91 Å². The number of nitrogens with zero attached hydrogens (tertiary/aromatic N) is 1. The summed E-state index contributed by atoms with van der Waals surface area (Å²) in [7, 11) is 0. The number of rotatable bonds is 4. The number of hydrogen-bond acceptors (Lipinski definition) is 2. The van der Waals surface area contributed by atoms with Crippen molar-refractivity contribution in [1.82, 2.24) is 0 Å². The predicted molar refractivity (Wildman–Crippen MR) is 68.6 cm³/mol. The first-order chi connectivity index (χ1) is 8.26. The molecule has 1 aliphatic rings. The second-order valence-corrected chi connectivity index (χ2v) is 4.34. The van der Waals surface area contributed by atoms with Crippen LogP contribution in [0.1, 0.15) is 32.3 Å². The third-order valence-electron chi connectivity index (χ3n) is 3.11. The molecule has 0 N–H and O–H groups in total. The van der Waals surface area contributed by atoms with Crippen molar-refractivity contribution in [2.45, 2.75) is 33.1 Å². The second-order valence-electron chi connectivity index (χ2n) is 4.34. The number of hydrogen-bond donors (Lipinski definition) is 0. The molecule has 2 rings (SSSR count). The summed E-state index contributed by atoms with van der Waals surface area (Å²) in [5, 5.41) is 0. The van der Waals surface area contributed by atoms with E-state index in [1.165, 1.54) is 5.56 Å². The molecule has 3 heteroatoms. The molecule has 1 aromatic rings. The highest BCUT2D eigenvalue weighted by atomic mass is 16.5. The molecule has 0 aromatic heterocycles. The van der Waals surface area contributed by atoms with Gasteiger partial charge in [0.05, 0.1) is 5.69 Å². The highest BCUT2D eigenvalue weighted by molar-refractivity contribution is 5.97. The predicted octanol–water partition coefficient (Wildman–Crippen LogP) is 2.77. The van der Waals surface area contributed by atoms with Crippen LogP contribution in [0.2, 0.25) is 0 Å². The zero-order chi connectivity index (χ0) is 12.3. The van der Waals surface area contributed by atoms with Gasteiger partial charge in [-0.1, -0.05) is 26.3 Å². The van der Waals surface area contributed by atoms with E-state index in [0.29, 0.717) is 0 Å². The lowest BCUT2D eigenvalue weighted by molar-refractivity contribution is -0.121. The van der Waals surface area contributed by atoms with Crippen LogP contribution < -0.4 is 9.64 Å². The van der Waals surface area contributed by atoms with Crippen molar-refractivity contribution in [2.75, 3.05) is 18.1 Å². The van der Waals surface area contributed by atoms with Crippen LogP contribution in [0.25, 0.3) is 0 Å². The van der Waals surface area contributed by atoms with Crippen molar-refractivity contribution in [3.8, 4) is 5.75 Å². The summed E-state index contributed by atoms with van der Waals surface area (Å²) in [6.07, 6.45) is 3.10. The summed E-state index contributed by atoms with van der Waals surface area (Å²) in [6, 6.07) is 6.11. The van der Waals surface area contributed by atoms with E-state index in [1.807, 2.05) is 11.0 Å². The molecule has 0 saturated heterocycles. The molecule has 0 spiro atoms. The average Bonchev–Trinajstić information content (AvgIpc) is 2.37. The normalized spacial score (nSPS) is 14.5. The van der Waals surface area contributed by atoms with Gasteiger partial charge in [0.15, 0.2) is 6.61 Å². The van der Waals surface area contributed by atoms with Gasteiger partial charge in [-0.05, 0) is 30.5 Å². The molecule has 3 nitrogen and oxygen atoms in total. The number of carbonyl (C=O) groups is 1. The second kappa shape index (κ2) is 5.21. The summed E-state index contributed by atoms with van der Waals surface area (Å²) < 4.78 is 5.45. The lowest BCUT2D eigenvalue weighted by atomic mass is 10.1. The molecule has 0 bridgehead atoms. The van der Waals surface area contributed by atoms with Crippen molar-refractivity contribution in [2.24, 2.45) is 0 Å². The van der Waals surface area contributed by atoms with Crippen LogP contribution in [0, 0.1) is 0 Å². The van der Waals surface area contributed by atoms with Gasteiger partial charge in [-0.15, -0.1) is 0 Å². The smallest absolute Gasteiger partial charge is 0.265 e. The molecule has 0 saturated carbocycles. The Bertz CT molecular complexity index is 415. The van der Waals surface area contributed by atoms with E-state index in [9.17, 15) is 4.79 Å². The Kier molecular flexibility index (Phi) is 3.67. The third kappa shape index (κ3) is 2.43. The zero-order valence-electron chi connectivity index (χ0n) is 10.5. The van der Waals surface area contributed by atoms with Gasteiger partial charge in [0.1, 0.15) is 5.75 Å². The van der Waals surface area contributed by atoms with Gasteiger partial charge in [0, 0.05) is 6.54 Å². The molecule has 0 atom stereocenters. The number of carbonyl (C=O) groups excluding carboxylic acids is 1. The largest absolute Gasteiger partial charge is 0.482 e. The van der Waals surface area contributed by atoms with Crippen LogP contribution >= 0.6 is 0 Å². The SMILES string of the molecule is CCCCN1C(=O)COc2ccc(CC)cc21. The Morgan fingerprint density at radius 3 is 2.88 bits per heavy atom. The van der Waals surface area contributed by atoms with Crippen LogP contribution in [0.4, 0.5) is 5.69 Å². The number of unbranched alkanes of at least 4 members (excludes halogenated alkanes) is 1. The summed E-state index contributed by atoms with van der Waals surface area (Å²) in [5.41, 5.74) is 2.18. The molecule has 1 aromatic carbocycles. The van der Waals surface area contributed by atoms with Crippen LogP contribution in [0.3, 0.4) is 0 Å². The number of ether oxygens (including phenoxy) is 1. The van der Waals surface area contributed by atoms with E-state index >= 15 is 0 Å². The number of amides is 1. The molecule has 1 heterocycles. The fourth-order valence-electron chi connectivity index (χ4n) is 2.03. The minimum atomic E-state index is 0.0687. The summed E-state index contributed by atoms with van der Waals surface area (Å²) >= 11 is 0. The summed E-state index contributed by atoms with van der Waals surface area (Å²) in [6.45, 7) is 5.21. The Labute approximate surface area is 102 Å². The maximum absolute atomic E-state index is 11.9. The highest BCUT2D eigenvalue weighted by Crippen LogP contribution is 2.33. The molecule has 1 aliphatic heterocycles. The van der Waals surface area contributed by atoms with Crippen LogP contribution in [-0.2, 0) is 11.2 Å². The van der Waals surface area contributed by atoms with Gasteiger partial charge in [-0.3, -0.25) is 4.79 Å². The molecule has 0 aliphatic carbocycles. The van der Waals surface area contributed by atoms with Crippen molar-refractivity contribution in [3.63, 3.8) is 0 Å². The van der Waals surface area contributed by atoms with Crippen LogP contribution in [0.15, 0.2) is 18.2 Å². The molecule has 0 radical (unpaired) electrons. The Hall–Kier alpha value is -1.51. The van der Waals surface area contributed by atoms with E-state index in [0.717, 1.165) is 37.2 Å². The van der Waals surface area contributed by atoms with E-state index < -0.39 is 0 Å². The zero-order valence-corrected chi connectivity index (χ0v) is 10.5. The standard InChI is InChI=1S/C14H19NO2/c1-3-5-8-15-12-9-11(4-2)6-7-13(12)17-10-14(15)16/h6-7,9H,3-5,8,10H2,1-2H3. The minimum Gasteiger partial charge on any atom is -0.482 e. The lowest BCUT2D eigenvalue weighted by Gasteiger charge is -2.29. The molecular formula is C14H19NO2. The lowest BCUT2D eigenvalue weighted by Crippen LogP contribution is -2.39. The molecule has 92 valence electrons. The minimum absolute atomic E-state index is 0.0687. The van der Waals surface area contributed by atoms with Crippen molar-refractivity contribution in [3.05, 3.63) is 23.8 Å². The Morgan fingerprint density at radius 1 is 1.35 bits per heavy atom. The molecule has 0 fully saturated rings. The first kappa shape index (κ1) is 12.0. The topological polar surface area (TPSA) is 29.5 Å². The van der Waals surface area contributed by atoms with Gasteiger partial charge in [-0.2, -0.15) is 0 Å². The first-order valence-corrected chi connectivity index (χ1v) is 6.32. The third-order valence-corrected chi connectivity index (χ3v) is 3.11. The maximum Gasteiger partial charge on any atom is 0.265 e. The number of aryl methyl sites for hydroxylation is 1. The fraction of sp³-hybridized carbons (Fsp3) is 0.500. The number of benzene rings is 1. The summed E-state index contributed by atoms with van der Waals surface area (Å²) in [4.78, 5) is 13.7. The van der Waals surface area contributed by atoms with E-state index in [-0.39, 0.29) is 12.5 Å². The van der Waals surface area contributed by atoms with Gasteiger partial charge >= 0.3 is 0 Å². The fourth-order valence-corrected chi connectivity index (χ4v) is 2.03. The number of anilines is 1. The maximum atomic E-state index is 11.9. The molecule has 17 heavy (non-hydrogen) atoms. The first-order valence-electron chi connectivity index (χ1n) is 6.32. The quantitative estimate of drug-likeness (QED) is 0.800. The molecule has 0 unspecified atom stereocenters. The van der Waals surface area contributed by atoms with Crippen molar-refractivity contribution >= 4 is 11.6 Å². The Balaban J connectivity index is 2.31. The number of fused-ring (bicyclic) bond motifs is 1. The molecule has 1 amide bonds. The Morgan fingerprint density at radius 2 is 2.18 bits per heavy atom. The van der Waals surface area contributed by atoms with E-state index in [2.05, 4.69) is 26.0 Å². The highest BCUT2D eigenvalue weighted by Gasteiger charge is 2.24. The van der Waals surface area contributed by atoms with E-state index in [1.54, 1.807) is 0 Å². The van der Waals surface area contributed by atoms with Crippen molar-refractivity contribution in [1.29, 1.82) is 0 Å². The monoisotopic (exact) mass is 233 g/mol. The van der Waals surface area contributed by atoms with Crippen LogP contribution in [0.5, 0.6) is 5.75 Å². The van der Waals surface area contributed by atoms with Gasteiger partial charge in [-0.25, -0.2) is 0 Å². The summed E-state index contributed by atoms with van der Waals surface area (Å²) in [5.74, 6) is 0.900.